The molecule has 1 heterocycles. The van der Waals surface area contributed by atoms with Crippen LogP contribution in [-0.2, 0) is 10.0 Å². The van der Waals surface area contributed by atoms with Crippen molar-refractivity contribution in [1.29, 1.82) is 0 Å². The lowest BCUT2D eigenvalue weighted by molar-refractivity contribution is 0.347. The molecule has 0 saturated carbocycles. The first-order valence-corrected chi connectivity index (χ1v) is 8.83. The van der Waals surface area contributed by atoms with E-state index >= 15 is 0 Å². The molecule has 0 unspecified atom stereocenters. The summed E-state index contributed by atoms with van der Waals surface area (Å²) in [5, 5.41) is 0.151. The summed E-state index contributed by atoms with van der Waals surface area (Å²) in [4.78, 5) is 2.42. The number of benzene rings is 1. The molecule has 5 nitrogen and oxygen atoms in total. The van der Waals surface area contributed by atoms with Crippen molar-refractivity contribution < 1.29 is 8.42 Å². The Labute approximate surface area is 135 Å². The molecule has 1 saturated heterocycles. The monoisotopic (exact) mass is 347 g/mol. The average Bonchev–Trinajstić information content (AvgIpc) is 2.63. The number of nitrogens with two attached hydrogens (primary N) is 1. The van der Waals surface area contributed by atoms with Crippen LogP contribution < -0.4 is 5.73 Å². The van der Waals surface area contributed by atoms with Gasteiger partial charge in [0.15, 0.2) is 0 Å². The van der Waals surface area contributed by atoms with E-state index in [9.17, 15) is 8.42 Å². The molecule has 1 fully saturated rings. The van der Waals surface area contributed by atoms with E-state index in [0.717, 1.165) is 13.0 Å². The lowest BCUT2D eigenvalue weighted by atomic mass is 10.2. The van der Waals surface area contributed by atoms with E-state index in [4.69, 9.17) is 29.6 Å². The third-order valence-electron chi connectivity index (χ3n) is 3.51. The molecular formula is C13H18ClN3O2S2. The van der Waals surface area contributed by atoms with Crippen molar-refractivity contribution in [2.24, 2.45) is 5.73 Å². The Morgan fingerprint density at radius 2 is 2.00 bits per heavy atom. The number of halogens is 1. The Morgan fingerprint density at radius 3 is 2.62 bits per heavy atom. The minimum atomic E-state index is -3.59. The maximum absolute atomic E-state index is 12.7. The second-order valence-corrected chi connectivity index (χ2v) is 7.82. The SMILES string of the molecule is CN1CCCN(S(=O)(=O)c2ccc(C(N)=S)cc2Cl)CC1. The first-order valence-electron chi connectivity index (χ1n) is 6.60. The van der Waals surface area contributed by atoms with Gasteiger partial charge < -0.3 is 10.6 Å². The Hall–Kier alpha value is -0.730. The van der Waals surface area contributed by atoms with Gasteiger partial charge in [0, 0.05) is 25.2 Å². The van der Waals surface area contributed by atoms with Gasteiger partial charge in [-0.2, -0.15) is 4.31 Å². The van der Waals surface area contributed by atoms with Crippen molar-refractivity contribution in [1.82, 2.24) is 9.21 Å². The van der Waals surface area contributed by atoms with E-state index < -0.39 is 10.0 Å². The summed E-state index contributed by atoms with van der Waals surface area (Å²) in [5.74, 6) is 0. The minimum absolute atomic E-state index is 0.105. The van der Waals surface area contributed by atoms with E-state index in [1.807, 2.05) is 7.05 Å². The lowest BCUT2D eigenvalue weighted by Crippen LogP contribution is -2.34. The van der Waals surface area contributed by atoms with Gasteiger partial charge in [-0.25, -0.2) is 8.42 Å². The summed E-state index contributed by atoms with van der Waals surface area (Å²) >= 11 is 11.0. The summed E-state index contributed by atoms with van der Waals surface area (Å²) in [6, 6.07) is 4.56. The highest BCUT2D eigenvalue weighted by Crippen LogP contribution is 2.26. The molecule has 0 bridgehead atoms. The zero-order chi connectivity index (χ0) is 15.6. The first-order chi connectivity index (χ1) is 9.82. The van der Waals surface area contributed by atoms with Crippen LogP contribution in [0.1, 0.15) is 12.0 Å². The predicted octanol–water partition coefficient (Wildman–Crippen LogP) is 1.30. The number of likely N-dealkylation sites (N-methyl/N-ethyl adjacent to an activating group) is 1. The molecule has 0 amide bonds. The molecule has 0 radical (unpaired) electrons. The maximum Gasteiger partial charge on any atom is 0.244 e. The number of hydrogen-bond acceptors (Lipinski definition) is 4. The molecular weight excluding hydrogens is 330 g/mol. The average molecular weight is 348 g/mol. The lowest BCUT2D eigenvalue weighted by Gasteiger charge is -2.21. The quantitative estimate of drug-likeness (QED) is 0.835. The van der Waals surface area contributed by atoms with Crippen LogP contribution in [0.15, 0.2) is 23.1 Å². The van der Waals surface area contributed by atoms with Crippen LogP contribution in [-0.4, -0.2) is 55.8 Å². The molecule has 2 rings (SSSR count). The first kappa shape index (κ1) is 16.6. The van der Waals surface area contributed by atoms with Crippen LogP contribution in [0.25, 0.3) is 0 Å². The van der Waals surface area contributed by atoms with Crippen molar-refractivity contribution in [2.75, 3.05) is 33.2 Å². The Balaban J connectivity index is 2.33. The maximum atomic E-state index is 12.7. The van der Waals surface area contributed by atoms with Gasteiger partial charge >= 0.3 is 0 Å². The molecule has 0 spiro atoms. The van der Waals surface area contributed by atoms with Crippen molar-refractivity contribution in [3.8, 4) is 0 Å². The Bertz CT molecular complexity index is 649. The largest absolute Gasteiger partial charge is 0.389 e. The van der Waals surface area contributed by atoms with E-state index in [-0.39, 0.29) is 14.9 Å². The molecule has 1 aromatic rings. The van der Waals surface area contributed by atoms with Crippen LogP contribution in [0.4, 0.5) is 0 Å². The summed E-state index contributed by atoms with van der Waals surface area (Å²) in [6.07, 6.45) is 0.804. The second kappa shape index (κ2) is 6.58. The zero-order valence-corrected chi connectivity index (χ0v) is 14.1. The second-order valence-electron chi connectivity index (χ2n) is 5.07. The van der Waals surface area contributed by atoms with Gasteiger partial charge in [0.25, 0.3) is 0 Å². The highest BCUT2D eigenvalue weighted by atomic mass is 35.5. The normalized spacial score (nSPS) is 18.4. The fraction of sp³-hybridized carbons (Fsp3) is 0.462. The smallest absolute Gasteiger partial charge is 0.244 e. The Kier molecular flexibility index (Phi) is 5.21. The van der Waals surface area contributed by atoms with Gasteiger partial charge in [0.1, 0.15) is 9.88 Å². The molecule has 2 N–H and O–H groups in total. The van der Waals surface area contributed by atoms with Crippen LogP contribution in [0.5, 0.6) is 0 Å². The molecule has 21 heavy (non-hydrogen) atoms. The number of hydrogen-bond donors (Lipinski definition) is 1. The minimum Gasteiger partial charge on any atom is -0.389 e. The molecule has 1 aliphatic rings. The number of thiocarbonyl (C=S) groups is 1. The van der Waals surface area contributed by atoms with E-state index in [1.165, 1.54) is 16.4 Å². The summed E-state index contributed by atoms with van der Waals surface area (Å²) < 4.78 is 26.9. The van der Waals surface area contributed by atoms with Crippen LogP contribution in [0.2, 0.25) is 5.02 Å². The fourth-order valence-electron chi connectivity index (χ4n) is 2.27. The third kappa shape index (κ3) is 3.73. The summed E-state index contributed by atoms with van der Waals surface area (Å²) in [6.45, 7) is 2.56. The fourth-order valence-corrected chi connectivity index (χ4v) is 4.38. The van der Waals surface area contributed by atoms with Crippen molar-refractivity contribution in [3.63, 3.8) is 0 Å². The molecule has 0 aromatic heterocycles. The van der Waals surface area contributed by atoms with Crippen LogP contribution in [0, 0.1) is 0 Å². The standard InChI is InChI=1S/C13H18ClN3O2S2/c1-16-5-2-6-17(8-7-16)21(18,19)12-4-3-10(13(15)20)9-11(12)14/h3-4,9H,2,5-8H2,1H3,(H2,15,20). The number of sulfonamides is 1. The van der Waals surface area contributed by atoms with Crippen LogP contribution in [0.3, 0.4) is 0 Å². The number of rotatable bonds is 3. The molecule has 8 heteroatoms. The van der Waals surface area contributed by atoms with Crippen LogP contribution >= 0.6 is 23.8 Å². The molecule has 0 aliphatic carbocycles. The predicted molar refractivity (Wildman–Crippen MR) is 88.2 cm³/mol. The van der Waals surface area contributed by atoms with Gasteiger partial charge in [0.05, 0.1) is 5.02 Å². The third-order valence-corrected chi connectivity index (χ3v) is 6.13. The van der Waals surface area contributed by atoms with E-state index in [1.54, 1.807) is 6.07 Å². The molecule has 1 aromatic carbocycles. The van der Waals surface area contributed by atoms with E-state index in [0.29, 0.717) is 25.2 Å². The zero-order valence-electron chi connectivity index (χ0n) is 11.8. The topological polar surface area (TPSA) is 66.6 Å². The van der Waals surface area contributed by atoms with Gasteiger partial charge in [0.2, 0.25) is 10.0 Å². The van der Waals surface area contributed by atoms with Crippen molar-refractivity contribution >= 4 is 38.8 Å². The highest BCUT2D eigenvalue weighted by Gasteiger charge is 2.28. The van der Waals surface area contributed by atoms with Gasteiger partial charge in [-0.3, -0.25) is 0 Å². The molecule has 116 valence electrons. The number of nitrogens with zero attached hydrogens (tertiary/aromatic N) is 2. The summed E-state index contributed by atoms with van der Waals surface area (Å²) in [7, 11) is -1.61. The highest BCUT2D eigenvalue weighted by molar-refractivity contribution is 7.89. The molecule has 0 atom stereocenters. The van der Waals surface area contributed by atoms with Gasteiger partial charge in [-0.1, -0.05) is 29.9 Å². The van der Waals surface area contributed by atoms with Crippen molar-refractivity contribution in [2.45, 2.75) is 11.3 Å². The molecule has 1 aliphatic heterocycles. The summed E-state index contributed by atoms with van der Waals surface area (Å²) in [5.41, 5.74) is 6.09. The van der Waals surface area contributed by atoms with Gasteiger partial charge in [-0.15, -0.1) is 0 Å². The Morgan fingerprint density at radius 1 is 1.29 bits per heavy atom. The van der Waals surface area contributed by atoms with E-state index in [2.05, 4.69) is 4.90 Å². The van der Waals surface area contributed by atoms with Crippen molar-refractivity contribution in [3.05, 3.63) is 28.8 Å². The van der Waals surface area contributed by atoms with Gasteiger partial charge in [-0.05, 0) is 32.1 Å².